The molecule has 1 aliphatic rings. The number of hydrogen-bond acceptors (Lipinski definition) is 3. The van der Waals surface area contributed by atoms with Crippen LogP contribution in [0.4, 0.5) is 0 Å². The summed E-state index contributed by atoms with van der Waals surface area (Å²) in [6.45, 7) is 8.24. The number of benzene rings is 1. The lowest BCUT2D eigenvalue weighted by Crippen LogP contribution is -2.39. The Balaban J connectivity index is 2.34. The summed E-state index contributed by atoms with van der Waals surface area (Å²) in [5, 5.41) is 0. The topological polar surface area (TPSA) is 46.6 Å². The number of rotatable bonds is 5. The average Bonchev–Trinajstić information content (AvgIpc) is 2.88. The van der Waals surface area contributed by atoms with Gasteiger partial charge in [0.25, 0.3) is 0 Å². The monoisotopic (exact) mass is 317 g/mol. The first kappa shape index (κ1) is 17.5. The molecule has 0 radical (unpaired) electrons. The number of carbonyl (C=O) groups excluding carboxylic acids is 2. The molecule has 0 spiro atoms. The molecule has 0 bridgehead atoms. The Morgan fingerprint density at radius 3 is 2.52 bits per heavy atom. The molecule has 1 amide bonds. The first-order chi connectivity index (χ1) is 10.8. The Labute approximate surface area is 138 Å². The molecule has 2 rings (SSSR count). The lowest BCUT2D eigenvalue weighted by Gasteiger charge is -2.34. The predicted molar refractivity (Wildman–Crippen MR) is 90.3 cm³/mol. The highest BCUT2D eigenvalue weighted by molar-refractivity contribution is 5.89. The number of esters is 1. The van der Waals surface area contributed by atoms with Crippen LogP contribution >= 0.6 is 0 Å². The van der Waals surface area contributed by atoms with Crippen molar-refractivity contribution in [3.8, 4) is 0 Å². The van der Waals surface area contributed by atoms with Crippen molar-refractivity contribution in [1.29, 1.82) is 0 Å². The molecule has 126 valence electrons. The van der Waals surface area contributed by atoms with Crippen LogP contribution in [0.1, 0.15) is 68.1 Å². The number of hydrogen-bond donors (Lipinski definition) is 0. The fourth-order valence-electron chi connectivity index (χ4n) is 3.39. The van der Waals surface area contributed by atoms with Crippen LogP contribution in [-0.2, 0) is 16.0 Å². The third-order valence-electron chi connectivity index (χ3n) is 4.38. The van der Waals surface area contributed by atoms with Crippen LogP contribution in [0.2, 0.25) is 0 Å². The molecule has 1 unspecified atom stereocenters. The number of carbonyl (C=O) groups is 2. The van der Waals surface area contributed by atoms with E-state index in [2.05, 4.69) is 27.7 Å². The van der Waals surface area contributed by atoms with Crippen molar-refractivity contribution in [3.63, 3.8) is 0 Å². The highest BCUT2D eigenvalue weighted by Gasteiger charge is 2.33. The van der Waals surface area contributed by atoms with E-state index in [9.17, 15) is 9.59 Å². The number of amides is 1. The summed E-state index contributed by atoms with van der Waals surface area (Å²) in [6.07, 6.45) is 2.42. The van der Waals surface area contributed by atoms with Crippen molar-refractivity contribution in [2.24, 2.45) is 5.92 Å². The minimum Gasteiger partial charge on any atom is -0.465 e. The van der Waals surface area contributed by atoms with E-state index in [-0.39, 0.29) is 24.0 Å². The van der Waals surface area contributed by atoms with Crippen LogP contribution in [-0.4, -0.2) is 29.9 Å². The van der Waals surface area contributed by atoms with Crippen molar-refractivity contribution in [3.05, 3.63) is 34.9 Å². The van der Waals surface area contributed by atoms with Gasteiger partial charge in [0.2, 0.25) is 5.91 Å². The second-order valence-electron chi connectivity index (χ2n) is 6.95. The molecule has 1 aliphatic carbocycles. The lowest BCUT2D eigenvalue weighted by atomic mass is 10.0. The molecular weight excluding hydrogens is 290 g/mol. The van der Waals surface area contributed by atoms with E-state index in [0.29, 0.717) is 17.9 Å². The molecule has 0 aliphatic heterocycles. The van der Waals surface area contributed by atoms with Crippen molar-refractivity contribution >= 4 is 11.9 Å². The van der Waals surface area contributed by atoms with Gasteiger partial charge in [0.1, 0.15) is 0 Å². The van der Waals surface area contributed by atoms with Crippen molar-refractivity contribution in [2.75, 3.05) is 7.11 Å². The fourth-order valence-corrected chi connectivity index (χ4v) is 3.39. The zero-order valence-corrected chi connectivity index (χ0v) is 14.8. The van der Waals surface area contributed by atoms with E-state index in [1.165, 1.54) is 12.7 Å². The van der Waals surface area contributed by atoms with Gasteiger partial charge < -0.3 is 9.64 Å². The van der Waals surface area contributed by atoms with E-state index in [1.54, 1.807) is 0 Å². The number of fused-ring (bicyclic) bond motifs is 1. The molecule has 0 N–H and O–H groups in total. The molecule has 0 heterocycles. The maximum Gasteiger partial charge on any atom is 0.337 e. The quantitative estimate of drug-likeness (QED) is 0.777. The van der Waals surface area contributed by atoms with Crippen molar-refractivity contribution < 1.29 is 14.3 Å². The van der Waals surface area contributed by atoms with Gasteiger partial charge in [0.05, 0.1) is 18.7 Å². The van der Waals surface area contributed by atoms with Crippen molar-refractivity contribution in [2.45, 2.75) is 59.0 Å². The molecule has 1 atom stereocenters. The number of methoxy groups -OCH3 is 1. The summed E-state index contributed by atoms with van der Waals surface area (Å²) in [5.74, 6) is 0.199. The molecule has 0 fully saturated rings. The number of aryl methyl sites for hydroxylation is 1. The average molecular weight is 317 g/mol. The van der Waals surface area contributed by atoms with Crippen LogP contribution < -0.4 is 0 Å². The van der Waals surface area contributed by atoms with Gasteiger partial charge in [-0.2, -0.15) is 0 Å². The molecular formula is C19H27NO3. The van der Waals surface area contributed by atoms with Crippen LogP contribution in [0.5, 0.6) is 0 Å². The highest BCUT2D eigenvalue weighted by atomic mass is 16.5. The summed E-state index contributed by atoms with van der Waals surface area (Å²) < 4.78 is 4.82. The van der Waals surface area contributed by atoms with Gasteiger partial charge in [-0.15, -0.1) is 0 Å². The SMILES string of the molecule is COC(=O)c1ccc2c(c1)C(N(C(=O)CC(C)C)C(C)C)CC2. The Bertz CT molecular complexity index is 592. The maximum absolute atomic E-state index is 12.7. The van der Waals surface area contributed by atoms with E-state index >= 15 is 0 Å². The molecule has 0 saturated carbocycles. The van der Waals surface area contributed by atoms with Gasteiger partial charge in [-0.05, 0) is 55.9 Å². The van der Waals surface area contributed by atoms with Gasteiger partial charge in [-0.3, -0.25) is 4.79 Å². The molecule has 4 nitrogen and oxygen atoms in total. The number of nitrogens with zero attached hydrogens (tertiary/aromatic N) is 1. The van der Waals surface area contributed by atoms with Gasteiger partial charge in [0, 0.05) is 12.5 Å². The molecule has 4 heteroatoms. The molecule has 0 saturated heterocycles. The third kappa shape index (κ3) is 3.74. The normalized spacial score (nSPS) is 16.6. The van der Waals surface area contributed by atoms with E-state index in [0.717, 1.165) is 18.4 Å². The lowest BCUT2D eigenvalue weighted by molar-refractivity contribution is -0.136. The largest absolute Gasteiger partial charge is 0.465 e. The zero-order valence-electron chi connectivity index (χ0n) is 14.8. The van der Waals surface area contributed by atoms with Crippen LogP contribution in [0.25, 0.3) is 0 Å². The minimum atomic E-state index is -0.331. The van der Waals surface area contributed by atoms with Gasteiger partial charge in [-0.1, -0.05) is 19.9 Å². The Morgan fingerprint density at radius 2 is 1.96 bits per heavy atom. The van der Waals surface area contributed by atoms with Crippen LogP contribution in [0, 0.1) is 5.92 Å². The van der Waals surface area contributed by atoms with Crippen molar-refractivity contribution in [1.82, 2.24) is 4.90 Å². The second-order valence-corrected chi connectivity index (χ2v) is 6.95. The zero-order chi connectivity index (χ0) is 17.1. The van der Waals surface area contributed by atoms with Gasteiger partial charge >= 0.3 is 5.97 Å². The van der Waals surface area contributed by atoms with E-state index < -0.39 is 0 Å². The summed E-state index contributed by atoms with van der Waals surface area (Å²) in [5.41, 5.74) is 2.88. The van der Waals surface area contributed by atoms with Gasteiger partial charge in [0.15, 0.2) is 0 Å². The van der Waals surface area contributed by atoms with Crippen LogP contribution in [0.3, 0.4) is 0 Å². The summed E-state index contributed by atoms with van der Waals surface area (Å²) in [7, 11) is 1.39. The minimum absolute atomic E-state index is 0.0563. The molecule has 1 aromatic rings. The Hall–Kier alpha value is -1.84. The van der Waals surface area contributed by atoms with E-state index in [1.807, 2.05) is 23.1 Å². The third-order valence-corrected chi connectivity index (χ3v) is 4.38. The van der Waals surface area contributed by atoms with Crippen LogP contribution in [0.15, 0.2) is 18.2 Å². The smallest absolute Gasteiger partial charge is 0.337 e. The summed E-state index contributed by atoms with van der Waals surface area (Å²) >= 11 is 0. The second kappa shape index (κ2) is 7.16. The Morgan fingerprint density at radius 1 is 1.26 bits per heavy atom. The molecule has 23 heavy (non-hydrogen) atoms. The first-order valence-electron chi connectivity index (χ1n) is 8.37. The molecule has 1 aromatic carbocycles. The summed E-state index contributed by atoms with van der Waals surface area (Å²) in [4.78, 5) is 26.5. The Kier molecular flexibility index (Phi) is 5.45. The standard InChI is InChI=1S/C19H27NO3/c1-12(2)10-18(21)20(13(3)4)17-9-8-14-6-7-15(11-16(14)17)19(22)23-5/h6-7,11-13,17H,8-10H2,1-5H3. The fraction of sp³-hybridized carbons (Fsp3) is 0.579. The van der Waals surface area contributed by atoms with E-state index in [4.69, 9.17) is 4.74 Å². The summed E-state index contributed by atoms with van der Waals surface area (Å²) in [6, 6.07) is 5.90. The van der Waals surface area contributed by atoms with Gasteiger partial charge in [-0.25, -0.2) is 4.79 Å². The predicted octanol–water partition coefficient (Wildman–Crippen LogP) is 3.74. The molecule has 0 aromatic heterocycles. The first-order valence-corrected chi connectivity index (χ1v) is 8.37. The maximum atomic E-state index is 12.7. The highest BCUT2D eigenvalue weighted by Crippen LogP contribution is 2.38. The number of ether oxygens (including phenoxy) is 1.